The molecule has 0 saturated carbocycles. The van der Waals surface area contributed by atoms with Gasteiger partial charge in [-0.05, 0) is 60.7 Å². The average molecular weight is 817 g/mol. The number of anilines is 3. The Balaban J connectivity index is 0.974. The molecule has 16 nitrogen and oxygen atoms in total. The van der Waals surface area contributed by atoms with Crippen LogP contribution < -0.4 is 35.0 Å². The Kier molecular flexibility index (Phi) is 9.88. The normalized spacial score (nSPS) is 19.8. The summed E-state index contributed by atoms with van der Waals surface area (Å²) in [6.45, 7) is 2.39. The number of fused-ring (bicyclic) bond motifs is 2. The van der Waals surface area contributed by atoms with Gasteiger partial charge in [0.1, 0.15) is 36.1 Å². The lowest BCUT2D eigenvalue weighted by molar-refractivity contribution is -0.135. The number of hydrogen-bond acceptors (Lipinski definition) is 10. The number of nitrogens with one attached hydrogen (secondary N) is 3. The van der Waals surface area contributed by atoms with Crippen LogP contribution >= 0.6 is 0 Å². The topological polar surface area (TPSA) is 184 Å². The molecule has 1 aromatic heterocycles. The summed E-state index contributed by atoms with van der Waals surface area (Å²) >= 11 is 0. The fourth-order valence-corrected chi connectivity index (χ4v) is 9.10. The van der Waals surface area contributed by atoms with Gasteiger partial charge in [0.25, 0.3) is 5.91 Å². The summed E-state index contributed by atoms with van der Waals surface area (Å²) in [5.74, 6) is -3.87. The van der Waals surface area contributed by atoms with Crippen molar-refractivity contribution in [1.82, 2.24) is 24.1 Å². The maximum atomic E-state index is 16.3. The number of imidazole rings is 1. The average Bonchev–Trinajstić information content (AvgIpc) is 3.60. The molecular weight excluding hydrogens is 779 g/mol. The summed E-state index contributed by atoms with van der Waals surface area (Å²) in [6.07, 6.45) is 0.187. The number of rotatable bonds is 9. The molecular formula is C39H38F2N8O8S. The molecule has 0 radical (unpaired) electrons. The number of carbonyl (C=O) groups excluding carboxylic acids is 4. The molecule has 3 fully saturated rings. The quantitative estimate of drug-likeness (QED) is 0.187. The van der Waals surface area contributed by atoms with E-state index in [1.54, 1.807) is 36.4 Å². The van der Waals surface area contributed by atoms with Crippen LogP contribution in [0.4, 0.5) is 25.8 Å². The number of imide groups is 1. The van der Waals surface area contributed by atoms with Crippen LogP contribution in [0.3, 0.4) is 0 Å². The highest BCUT2D eigenvalue weighted by Gasteiger charge is 2.39. The maximum absolute atomic E-state index is 16.3. The number of halogens is 2. The molecule has 3 aliphatic rings. The molecule has 4 aromatic carbocycles. The second kappa shape index (κ2) is 14.9. The van der Waals surface area contributed by atoms with Crippen molar-refractivity contribution in [3.05, 3.63) is 94.4 Å². The van der Waals surface area contributed by atoms with Crippen LogP contribution in [0.15, 0.2) is 71.5 Å². The van der Waals surface area contributed by atoms with Gasteiger partial charge in [0.05, 0.1) is 17.7 Å². The first-order valence-corrected chi connectivity index (χ1v) is 19.9. The number of carbonyl (C=O) groups is 4. The number of nitrogens with zero attached hydrogens (tertiary/aromatic N) is 5. The van der Waals surface area contributed by atoms with Crippen molar-refractivity contribution < 1.29 is 41.1 Å². The van der Waals surface area contributed by atoms with Crippen molar-refractivity contribution in [1.29, 1.82) is 0 Å². The zero-order chi connectivity index (χ0) is 41.0. The van der Waals surface area contributed by atoms with Gasteiger partial charge < -0.3 is 15.0 Å². The Labute approximate surface area is 330 Å². The van der Waals surface area contributed by atoms with Crippen molar-refractivity contribution in [2.45, 2.75) is 38.5 Å². The van der Waals surface area contributed by atoms with Gasteiger partial charge in [-0.3, -0.25) is 38.5 Å². The Morgan fingerprint density at radius 2 is 1.74 bits per heavy atom. The molecule has 4 amide bonds. The van der Waals surface area contributed by atoms with Crippen LogP contribution in [-0.2, 0) is 43.0 Å². The molecule has 19 heteroatoms. The van der Waals surface area contributed by atoms with Gasteiger partial charge in [-0.25, -0.2) is 22.6 Å². The van der Waals surface area contributed by atoms with E-state index in [1.165, 1.54) is 40.4 Å². The van der Waals surface area contributed by atoms with E-state index in [0.29, 0.717) is 35.0 Å². The lowest BCUT2D eigenvalue weighted by Crippen LogP contribution is -2.53. The van der Waals surface area contributed by atoms with Crippen LogP contribution in [0.25, 0.3) is 21.8 Å². The fraction of sp³-hybridized carbons (Fsp3) is 0.308. The van der Waals surface area contributed by atoms with Gasteiger partial charge in [0.15, 0.2) is 11.6 Å². The van der Waals surface area contributed by atoms with E-state index in [1.807, 2.05) is 27.5 Å². The van der Waals surface area contributed by atoms with E-state index in [4.69, 9.17) is 4.74 Å². The molecule has 58 heavy (non-hydrogen) atoms. The zero-order valence-corrected chi connectivity index (χ0v) is 32.1. The Morgan fingerprint density at radius 3 is 2.45 bits per heavy atom. The minimum absolute atomic E-state index is 0.00632. The van der Waals surface area contributed by atoms with Crippen LogP contribution in [0.2, 0.25) is 0 Å². The molecule has 0 bridgehead atoms. The lowest BCUT2D eigenvalue weighted by Gasteiger charge is -2.41. The molecule has 302 valence electrons. The van der Waals surface area contributed by atoms with E-state index in [9.17, 15) is 32.4 Å². The van der Waals surface area contributed by atoms with Crippen LogP contribution in [0, 0.1) is 11.6 Å². The number of hydrogen-bond donors (Lipinski definition) is 3. The predicted molar refractivity (Wildman–Crippen MR) is 210 cm³/mol. The number of benzene rings is 4. The molecule has 3 saturated heterocycles. The summed E-state index contributed by atoms with van der Waals surface area (Å²) < 4.78 is 68.9. The van der Waals surface area contributed by atoms with Crippen LogP contribution in [0.1, 0.15) is 31.4 Å². The van der Waals surface area contributed by atoms with Crippen molar-refractivity contribution >= 4 is 72.7 Å². The number of ether oxygens (including phenoxy) is 1. The molecule has 5 aromatic rings. The molecule has 3 N–H and O–H groups in total. The fourth-order valence-electron chi connectivity index (χ4n) is 7.94. The number of amides is 4. The third-order valence-corrected chi connectivity index (χ3v) is 12.1. The highest BCUT2D eigenvalue weighted by atomic mass is 32.2. The summed E-state index contributed by atoms with van der Waals surface area (Å²) in [7, 11) is -2.94. The van der Waals surface area contributed by atoms with Gasteiger partial charge in [0, 0.05) is 50.2 Å². The molecule has 0 spiro atoms. The molecule has 0 aliphatic carbocycles. The minimum atomic E-state index is -4.37. The Hall–Kier alpha value is -6.34. The van der Waals surface area contributed by atoms with Crippen molar-refractivity contribution in [2.24, 2.45) is 7.05 Å². The summed E-state index contributed by atoms with van der Waals surface area (Å²) in [6, 6.07) is 16.9. The van der Waals surface area contributed by atoms with Gasteiger partial charge in [0.2, 0.25) is 17.7 Å². The first-order valence-electron chi connectivity index (χ1n) is 18.5. The third kappa shape index (κ3) is 6.99. The second-order valence-electron chi connectivity index (χ2n) is 14.6. The van der Waals surface area contributed by atoms with Gasteiger partial charge in [-0.15, -0.1) is 0 Å². The highest BCUT2D eigenvalue weighted by Crippen LogP contribution is 2.40. The minimum Gasteiger partial charge on any atom is -0.487 e. The summed E-state index contributed by atoms with van der Waals surface area (Å²) in [4.78, 5) is 66.7. The van der Waals surface area contributed by atoms with E-state index in [0.717, 1.165) is 5.56 Å². The zero-order valence-electron chi connectivity index (χ0n) is 31.3. The SMILES string of the molecule is C[C@H]1CN(CC(=O)Nc2ccc3c(F)c(N4CC(=O)NS4(=O)=O)c(OCc4ccccc4)cc3c2)CCN1c1ccc2c(c1F)n(C)c(=O)n2C1CCC(=O)NC1=O. The molecule has 2 atom stereocenters. The van der Waals surface area contributed by atoms with Crippen LogP contribution in [-0.4, -0.2) is 84.8 Å². The molecule has 1 unspecified atom stereocenters. The number of piperidine rings is 1. The lowest BCUT2D eigenvalue weighted by atomic mass is 10.1. The maximum Gasteiger partial charge on any atom is 0.329 e. The van der Waals surface area contributed by atoms with Crippen LogP contribution in [0.5, 0.6) is 5.75 Å². The molecule has 8 rings (SSSR count). The number of aryl methyl sites for hydroxylation is 1. The third-order valence-electron chi connectivity index (χ3n) is 10.7. The van der Waals surface area contributed by atoms with Crippen molar-refractivity contribution in [3.8, 4) is 5.75 Å². The Bertz CT molecular complexity index is 2700. The molecule has 3 aliphatic heterocycles. The second-order valence-corrected chi connectivity index (χ2v) is 16.2. The standard InChI is InChI=1S/C39H38F2N8O8S/c1-22-18-46(14-15-47(22)27-10-11-28-36(35(27)41)45(2)39(54)49(28)29-12-13-31(50)43-38(29)53)19-32(51)42-25-8-9-26-24(16-25)17-30(57-21-23-6-4-3-5-7-23)37(34(26)40)48-20-33(52)44-58(48,55)56/h3-11,16-17,22,29H,12-15,18-21H2,1-2H3,(H,42,51)(H,44,52)(H,43,50,53)/t22-,29?/m0/s1. The highest BCUT2D eigenvalue weighted by molar-refractivity contribution is 7.92. The summed E-state index contributed by atoms with van der Waals surface area (Å²) in [5.41, 5.74) is 0.647. The van der Waals surface area contributed by atoms with E-state index in [-0.39, 0.29) is 65.8 Å². The van der Waals surface area contributed by atoms with Crippen molar-refractivity contribution in [3.63, 3.8) is 0 Å². The monoisotopic (exact) mass is 816 g/mol. The van der Waals surface area contributed by atoms with Crippen molar-refractivity contribution in [2.75, 3.05) is 47.2 Å². The largest absolute Gasteiger partial charge is 0.487 e. The van der Waals surface area contributed by atoms with E-state index in [2.05, 4.69) is 10.6 Å². The van der Waals surface area contributed by atoms with Gasteiger partial charge in [-0.1, -0.05) is 30.3 Å². The van der Waals surface area contributed by atoms with E-state index < -0.39 is 63.5 Å². The smallest absolute Gasteiger partial charge is 0.329 e. The first-order chi connectivity index (χ1) is 27.7. The number of aromatic nitrogens is 2. The van der Waals surface area contributed by atoms with Gasteiger partial charge in [-0.2, -0.15) is 8.42 Å². The summed E-state index contributed by atoms with van der Waals surface area (Å²) in [5, 5.41) is 5.44. The van der Waals surface area contributed by atoms with E-state index >= 15 is 8.78 Å². The Morgan fingerprint density at radius 1 is 0.966 bits per heavy atom. The predicted octanol–water partition coefficient (Wildman–Crippen LogP) is 2.66. The number of piperazine rings is 1. The first kappa shape index (κ1) is 38.5. The van der Waals surface area contributed by atoms with Gasteiger partial charge >= 0.3 is 15.9 Å². The molecule has 4 heterocycles.